The first-order valence-electron chi connectivity index (χ1n) is 7.09. The van der Waals surface area contributed by atoms with Crippen molar-refractivity contribution in [2.75, 3.05) is 6.61 Å². The number of rotatable bonds is 4. The van der Waals surface area contributed by atoms with E-state index in [1.807, 2.05) is 0 Å². The third-order valence-corrected chi connectivity index (χ3v) is 3.29. The van der Waals surface area contributed by atoms with Crippen molar-refractivity contribution in [3.63, 3.8) is 0 Å². The van der Waals surface area contributed by atoms with Crippen LogP contribution >= 0.6 is 0 Å². The molecule has 0 saturated carbocycles. The zero-order chi connectivity index (χ0) is 16.2. The zero-order valence-corrected chi connectivity index (χ0v) is 12.4. The van der Waals surface area contributed by atoms with Crippen molar-refractivity contribution in [2.45, 2.75) is 6.92 Å². The lowest BCUT2D eigenvalue weighted by Gasteiger charge is -2.16. The van der Waals surface area contributed by atoms with Gasteiger partial charge < -0.3 is 15.0 Å². The molecule has 23 heavy (non-hydrogen) atoms. The minimum Gasteiger partial charge on any atom is -0.462 e. The molecule has 0 aliphatic carbocycles. The molecule has 0 saturated heterocycles. The predicted octanol–water partition coefficient (Wildman–Crippen LogP) is 0.779. The predicted molar refractivity (Wildman–Crippen MR) is 84.6 cm³/mol. The van der Waals surface area contributed by atoms with Crippen LogP contribution in [0, 0.1) is 5.92 Å². The van der Waals surface area contributed by atoms with Gasteiger partial charge >= 0.3 is 5.97 Å². The topological polar surface area (TPSA) is 108 Å². The lowest BCUT2D eigenvalue weighted by Crippen LogP contribution is -2.32. The monoisotopic (exact) mass is 313 g/mol. The first-order valence-corrected chi connectivity index (χ1v) is 7.09. The summed E-state index contributed by atoms with van der Waals surface area (Å²) in [5.74, 6) is -1.16. The van der Waals surface area contributed by atoms with Crippen molar-refractivity contribution in [3.8, 4) is 0 Å². The van der Waals surface area contributed by atoms with Gasteiger partial charge in [0.25, 0.3) is 5.91 Å². The Bertz CT molecular complexity index is 757. The van der Waals surface area contributed by atoms with E-state index in [1.165, 1.54) is 6.21 Å². The van der Waals surface area contributed by atoms with Gasteiger partial charge in [-0.2, -0.15) is 5.10 Å². The highest BCUT2D eigenvalue weighted by molar-refractivity contribution is 6.24. The number of nitrogens with one attached hydrogen (secondary N) is 3. The molecule has 8 heteroatoms. The van der Waals surface area contributed by atoms with Gasteiger partial charge in [-0.3, -0.25) is 9.79 Å². The molecule has 1 aromatic rings. The molecule has 1 aromatic heterocycles. The Hall–Kier alpha value is -3.16. The minimum absolute atomic E-state index is 0.231. The molecule has 1 atom stereocenters. The molecule has 2 aliphatic rings. The van der Waals surface area contributed by atoms with E-state index >= 15 is 0 Å². The Morgan fingerprint density at radius 3 is 3.09 bits per heavy atom. The average molecular weight is 313 g/mol. The Labute approximate surface area is 132 Å². The van der Waals surface area contributed by atoms with E-state index in [1.54, 1.807) is 37.7 Å². The highest BCUT2D eigenvalue weighted by atomic mass is 16.5. The van der Waals surface area contributed by atoms with Crippen molar-refractivity contribution in [2.24, 2.45) is 16.0 Å². The summed E-state index contributed by atoms with van der Waals surface area (Å²) in [5, 5.41) is 6.81. The smallest absolute Gasteiger partial charge is 0.339 e. The third-order valence-electron chi connectivity index (χ3n) is 3.29. The van der Waals surface area contributed by atoms with Crippen LogP contribution in [0.1, 0.15) is 23.0 Å². The van der Waals surface area contributed by atoms with Crippen LogP contribution in [-0.4, -0.2) is 35.4 Å². The van der Waals surface area contributed by atoms with Gasteiger partial charge in [0.2, 0.25) is 0 Å². The summed E-state index contributed by atoms with van der Waals surface area (Å²) >= 11 is 0. The molecule has 1 unspecified atom stereocenters. The third kappa shape index (κ3) is 3.05. The van der Waals surface area contributed by atoms with E-state index in [2.05, 4.69) is 25.8 Å². The van der Waals surface area contributed by atoms with Crippen molar-refractivity contribution in [1.82, 2.24) is 15.7 Å². The number of carbonyl (C=O) groups is 2. The van der Waals surface area contributed by atoms with Gasteiger partial charge in [-0.15, -0.1) is 0 Å². The van der Waals surface area contributed by atoms with Crippen LogP contribution in [-0.2, 0) is 9.53 Å². The van der Waals surface area contributed by atoms with Crippen LogP contribution in [0.3, 0.4) is 0 Å². The number of amides is 1. The van der Waals surface area contributed by atoms with E-state index in [9.17, 15) is 9.59 Å². The second kappa shape index (κ2) is 6.30. The number of aromatic amines is 1. The first-order chi connectivity index (χ1) is 11.2. The summed E-state index contributed by atoms with van der Waals surface area (Å²) < 4.78 is 4.95. The Morgan fingerprint density at radius 1 is 1.48 bits per heavy atom. The minimum atomic E-state index is -0.543. The number of H-pyrrole nitrogens is 1. The van der Waals surface area contributed by atoms with Crippen LogP contribution in [0.4, 0.5) is 0 Å². The van der Waals surface area contributed by atoms with E-state index < -0.39 is 5.92 Å². The second-order valence-corrected chi connectivity index (χ2v) is 4.83. The summed E-state index contributed by atoms with van der Waals surface area (Å²) in [6.07, 6.45) is 8.09. The molecule has 0 radical (unpaired) electrons. The molecule has 8 nitrogen and oxygen atoms in total. The van der Waals surface area contributed by atoms with Crippen LogP contribution in [0.5, 0.6) is 0 Å². The average Bonchev–Trinajstić information content (AvgIpc) is 3.17. The fraction of sp³-hybridized carbons (Fsp3) is 0.200. The largest absolute Gasteiger partial charge is 0.462 e. The van der Waals surface area contributed by atoms with Crippen LogP contribution < -0.4 is 10.7 Å². The SMILES string of the molecule is CCOC(=O)c1c[nH]c(C=C2NC=CN=C2C2C=NNC2=O)c1. The van der Waals surface area contributed by atoms with E-state index in [0.717, 1.165) is 0 Å². The molecule has 3 rings (SSSR count). The number of carbonyl (C=O) groups excluding carboxylic acids is 2. The van der Waals surface area contributed by atoms with Crippen molar-refractivity contribution < 1.29 is 14.3 Å². The van der Waals surface area contributed by atoms with E-state index in [-0.39, 0.29) is 11.9 Å². The molecule has 3 N–H and O–H groups in total. The van der Waals surface area contributed by atoms with Crippen LogP contribution in [0.2, 0.25) is 0 Å². The van der Waals surface area contributed by atoms with Gasteiger partial charge in [-0.25, -0.2) is 10.2 Å². The Kier molecular flexibility index (Phi) is 4.05. The van der Waals surface area contributed by atoms with Gasteiger partial charge in [0, 0.05) is 30.5 Å². The van der Waals surface area contributed by atoms with Crippen molar-refractivity contribution >= 4 is 29.9 Å². The maximum absolute atomic E-state index is 11.8. The number of ether oxygens (including phenoxy) is 1. The highest BCUT2D eigenvalue weighted by Crippen LogP contribution is 2.16. The summed E-state index contributed by atoms with van der Waals surface area (Å²) in [4.78, 5) is 30.7. The van der Waals surface area contributed by atoms with Gasteiger partial charge in [0.1, 0.15) is 5.92 Å². The maximum atomic E-state index is 11.8. The van der Waals surface area contributed by atoms with Crippen molar-refractivity contribution in [1.29, 1.82) is 0 Å². The lowest BCUT2D eigenvalue weighted by atomic mass is 10.00. The summed E-state index contributed by atoms with van der Waals surface area (Å²) in [7, 11) is 0. The number of allylic oxidation sites excluding steroid dienone is 1. The summed E-state index contributed by atoms with van der Waals surface area (Å²) in [6.45, 7) is 2.07. The van der Waals surface area contributed by atoms with E-state index in [0.29, 0.717) is 29.3 Å². The molecule has 1 amide bonds. The van der Waals surface area contributed by atoms with Crippen molar-refractivity contribution in [3.05, 3.63) is 41.6 Å². The number of aromatic nitrogens is 1. The zero-order valence-electron chi connectivity index (χ0n) is 12.4. The first kappa shape index (κ1) is 14.8. The number of hydrogen-bond donors (Lipinski definition) is 3. The van der Waals surface area contributed by atoms with Crippen LogP contribution in [0.25, 0.3) is 6.08 Å². The molecule has 0 spiro atoms. The number of aliphatic imine (C=N–C) groups is 1. The van der Waals surface area contributed by atoms with Crippen LogP contribution in [0.15, 0.2) is 40.5 Å². The lowest BCUT2D eigenvalue weighted by molar-refractivity contribution is -0.120. The van der Waals surface area contributed by atoms with Gasteiger partial charge in [0.05, 0.1) is 23.6 Å². The molecule has 3 heterocycles. The number of esters is 1. The molecular formula is C15H15N5O3. The molecule has 0 fully saturated rings. The summed E-state index contributed by atoms with van der Waals surface area (Å²) in [6, 6.07) is 1.67. The summed E-state index contributed by atoms with van der Waals surface area (Å²) in [5.41, 5.74) is 4.71. The number of hydrazone groups is 1. The highest BCUT2D eigenvalue weighted by Gasteiger charge is 2.29. The maximum Gasteiger partial charge on any atom is 0.339 e. The molecule has 0 aromatic carbocycles. The second-order valence-electron chi connectivity index (χ2n) is 4.83. The van der Waals surface area contributed by atoms with Gasteiger partial charge in [-0.05, 0) is 19.1 Å². The Balaban J connectivity index is 1.85. The molecule has 0 bridgehead atoms. The van der Waals surface area contributed by atoms with Gasteiger partial charge in [-0.1, -0.05) is 0 Å². The quantitative estimate of drug-likeness (QED) is 0.714. The normalized spacial score (nSPS) is 21.1. The fourth-order valence-electron chi connectivity index (χ4n) is 2.24. The standard InChI is InChI=1S/C15H15N5O3/c1-2-23-15(22)9-5-10(18-7-9)6-12-13(17-4-3-16-12)11-8-19-20-14(11)21/h3-8,11,16,18H,2H2,1H3,(H,20,21). The fourth-order valence-corrected chi connectivity index (χ4v) is 2.24. The molecular weight excluding hydrogens is 298 g/mol. The molecule has 118 valence electrons. The molecule has 2 aliphatic heterocycles. The van der Waals surface area contributed by atoms with E-state index in [4.69, 9.17) is 4.74 Å². The van der Waals surface area contributed by atoms with Gasteiger partial charge in [0.15, 0.2) is 0 Å². The number of nitrogens with zero attached hydrogens (tertiary/aromatic N) is 2. The number of hydrogen-bond acceptors (Lipinski definition) is 6. The Morgan fingerprint density at radius 2 is 2.35 bits per heavy atom.